The lowest BCUT2D eigenvalue weighted by atomic mass is 9.92. The van der Waals surface area contributed by atoms with Gasteiger partial charge in [-0.25, -0.2) is 13.2 Å². The molecule has 17 heavy (non-hydrogen) atoms. The predicted molar refractivity (Wildman–Crippen MR) is 54.2 cm³/mol. The number of rotatable bonds is 2. The van der Waals surface area contributed by atoms with Gasteiger partial charge in [-0.2, -0.15) is 0 Å². The van der Waals surface area contributed by atoms with Gasteiger partial charge in [0, 0.05) is 18.7 Å². The normalized spacial score (nSPS) is 24.0. The average molecular weight is 244 g/mol. The number of halogens is 3. The second-order valence-electron chi connectivity index (χ2n) is 4.08. The highest BCUT2D eigenvalue weighted by molar-refractivity contribution is 5.98. The molecule has 2 unspecified atom stereocenters. The van der Waals surface area contributed by atoms with Crippen LogP contribution in [-0.2, 0) is 4.74 Å². The van der Waals surface area contributed by atoms with Crippen molar-refractivity contribution in [3.63, 3.8) is 0 Å². The van der Waals surface area contributed by atoms with Gasteiger partial charge in [0.2, 0.25) is 0 Å². The van der Waals surface area contributed by atoms with E-state index in [9.17, 15) is 18.0 Å². The third kappa shape index (κ3) is 2.20. The summed E-state index contributed by atoms with van der Waals surface area (Å²) in [7, 11) is 0. The molecule has 1 saturated heterocycles. The summed E-state index contributed by atoms with van der Waals surface area (Å²) in [6.45, 7) is 2.07. The standard InChI is InChI=1S/C12H11F3O2/c1-6-8(2-3-17-6)12(16)11-9(14)4-7(13)5-10(11)15/h4-6,8H,2-3H2,1H3. The molecule has 1 heterocycles. The van der Waals surface area contributed by atoms with Crippen LogP contribution in [0.5, 0.6) is 0 Å². The Balaban J connectivity index is 2.37. The summed E-state index contributed by atoms with van der Waals surface area (Å²) in [5, 5.41) is 0. The molecule has 0 aliphatic carbocycles. The Kier molecular flexibility index (Phi) is 3.19. The lowest BCUT2D eigenvalue weighted by Crippen LogP contribution is -2.23. The van der Waals surface area contributed by atoms with Gasteiger partial charge in [-0.05, 0) is 13.3 Å². The molecule has 2 nitrogen and oxygen atoms in total. The zero-order valence-electron chi connectivity index (χ0n) is 9.17. The first-order chi connectivity index (χ1) is 8.00. The molecule has 0 radical (unpaired) electrons. The molecule has 1 aromatic carbocycles. The molecule has 0 aromatic heterocycles. The fourth-order valence-corrected chi connectivity index (χ4v) is 2.04. The van der Waals surface area contributed by atoms with Crippen molar-refractivity contribution in [3.8, 4) is 0 Å². The molecule has 0 spiro atoms. The first-order valence-electron chi connectivity index (χ1n) is 5.31. The van der Waals surface area contributed by atoms with Crippen molar-refractivity contribution in [2.45, 2.75) is 19.4 Å². The topological polar surface area (TPSA) is 26.3 Å². The third-order valence-electron chi connectivity index (χ3n) is 2.97. The first kappa shape index (κ1) is 12.1. The van der Waals surface area contributed by atoms with Crippen LogP contribution in [0, 0.1) is 23.4 Å². The second-order valence-corrected chi connectivity index (χ2v) is 4.08. The van der Waals surface area contributed by atoms with E-state index in [1.807, 2.05) is 0 Å². The van der Waals surface area contributed by atoms with Crippen LogP contribution in [0.25, 0.3) is 0 Å². The molecule has 0 amide bonds. The first-order valence-corrected chi connectivity index (χ1v) is 5.31. The SMILES string of the molecule is CC1OCCC1C(=O)c1c(F)cc(F)cc1F. The van der Waals surface area contributed by atoms with Gasteiger partial charge in [0.05, 0.1) is 17.6 Å². The summed E-state index contributed by atoms with van der Waals surface area (Å²) in [5.74, 6) is -4.58. The van der Waals surface area contributed by atoms with Gasteiger partial charge in [-0.1, -0.05) is 0 Å². The molecule has 1 aliphatic heterocycles. The van der Waals surface area contributed by atoms with Gasteiger partial charge in [0.1, 0.15) is 17.5 Å². The highest BCUT2D eigenvalue weighted by Crippen LogP contribution is 2.27. The highest BCUT2D eigenvalue weighted by Gasteiger charge is 2.34. The van der Waals surface area contributed by atoms with Gasteiger partial charge < -0.3 is 4.74 Å². The summed E-state index contributed by atoms with van der Waals surface area (Å²) in [5.41, 5.74) is -0.672. The molecular formula is C12H11F3O2. The van der Waals surface area contributed by atoms with E-state index in [0.29, 0.717) is 25.2 Å². The third-order valence-corrected chi connectivity index (χ3v) is 2.97. The lowest BCUT2D eigenvalue weighted by molar-refractivity contribution is 0.0757. The van der Waals surface area contributed by atoms with Gasteiger partial charge in [0.25, 0.3) is 0 Å². The Morgan fingerprint density at radius 2 is 1.88 bits per heavy atom. The van der Waals surface area contributed by atoms with Crippen LogP contribution in [0.3, 0.4) is 0 Å². The van der Waals surface area contributed by atoms with Crippen LogP contribution in [0.15, 0.2) is 12.1 Å². The molecule has 2 atom stereocenters. The van der Waals surface area contributed by atoms with Crippen molar-refractivity contribution in [3.05, 3.63) is 35.1 Å². The van der Waals surface area contributed by atoms with Crippen molar-refractivity contribution < 1.29 is 22.7 Å². The summed E-state index contributed by atoms with van der Waals surface area (Å²) >= 11 is 0. The summed E-state index contributed by atoms with van der Waals surface area (Å²) in [6, 6.07) is 1.02. The number of carbonyl (C=O) groups is 1. The van der Waals surface area contributed by atoms with Crippen LogP contribution >= 0.6 is 0 Å². The minimum absolute atomic E-state index is 0.369. The number of Topliss-reactive ketones (excluding diaryl/α,β-unsaturated/α-hetero) is 1. The van der Waals surface area contributed by atoms with E-state index in [1.54, 1.807) is 6.92 Å². The maximum atomic E-state index is 13.4. The number of hydrogen-bond acceptors (Lipinski definition) is 2. The molecule has 5 heteroatoms. The van der Waals surface area contributed by atoms with E-state index >= 15 is 0 Å². The van der Waals surface area contributed by atoms with E-state index in [2.05, 4.69) is 0 Å². The number of carbonyl (C=O) groups excluding carboxylic acids is 1. The van der Waals surface area contributed by atoms with E-state index < -0.39 is 34.7 Å². The summed E-state index contributed by atoms with van der Waals surface area (Å²) in [4.78, 5) is 11.9. The fourth-order valence-electron chi connectivity index (χ4n) is 2.04. The zero-order valence-corrected chi connectivity index (χ0v) is 9.17. The minimum atomic E-state index is -1.16. The number of ketones is 1. The van der Waals surface area contributed by atoms with Crippen molar-refractivity contribution >= 4 is 5.78 Å². The Hall–Kier alpha value is -1.36. The Morgan fingerprint density at radius 3 is 2.35 bits per heavy atom. The number of ether oxygens (including phenoxy) is 1. The largest absolute Gasteiger partial charge is 0.378 e. The van der Waals surface area contributed by atoms with Crippen molar-refractivity contribution in [2.75, 3.05) is 6.61 Å². The van der Waals surface area contributed by atoms with E-state index in [-0.39, 0.29) is 6.10 Å². The van der Waals surface area contributed by atoms with Crippen molar-refractivity contribution in [1.82, 2.24) is 0 Å². The second kappa shape index (κ2) is 4.49. The van der Waals surface area contributed by atoms with Crippen LogP contribution in [0.4, 0.5) is 13.2 Å². The van der Waals surface area contributed by atoms with Crippen molar-refractivity contribution in [1.29, 1.82) is 0 Å². The maximum absolute atomic E-state index is 13.4. The summed E-state index contributed by atoms with van der Waals surface area (Å²) < 4.78 is 44.7. The monoisotopic (exact) mass is 244 g/mol. The molecule has 0 saturated carbocycles. The molecule has 2 rings (SSSR count). The number of benzene rings is 1. The highest BCUT2D eigenvalue weighted by atomic mass is 19.1. The van der Waals surface area contributed by atoms with Gasteiger partial charge in [-0.3, -0.25) is 4.79 Å². The minimum Gasteiger partial charge on any atom is -0.378 e. The van der Waals surface area contributed by atoms with Gasteiger partial charge in [0.15, 0.2) is 5.78 Å². The zero-order chi connectivity index (χ0) is 12.6. The average Bonchev–Trinajstić information content (AvgIpc) is 2.62. The Morgan fingerprint density at radius 1 is 1.29 bits per heavy atom. The quantitative estimate of drug-likeness (QED) is 0.748. The van der Waals surface area contributed by atoms with E-state index in [1.165, 1.54) is 0 Å². The molecule has 1 fully saturated rings. The molecule has 0 bridgehead atoms. The molecule has 0 N–H and O–H groups in total. The van der Waals surface area contributed by atoms with Gasteiger partial charge >= 0.3 is 0 Å². The summed E-state index contributed by atoms with van der Waals surface area (Å²) in [6.07, 6.45) is 0.0577. The Bertz CT molecular complexity index is 436. The van der Waals surface area contributed by atoms with E-state index in [0.717, 1.165) is 0 Å². The van der Waals surface area contributed by atoms with Gasteiger partial charge in [-0.15, -0.1) is 0 Å². The molecule has 1 aromatic rings. The molecule has 92 valence electrons. The fraction of sp³-hybridized carbons (Fsp3) is 0.417. The number of hydrogen-bond donors (Lipinski definition) is 0. The Labute approximate surface area is 96.4 Å². The van der Waals surface area contributed by atoms with Crippen LogP contribution in [0.1, 0.15) is 23.7 Å². The predicted octanol–water partition coefficient (Wildman–Crippen LogP) is 2.71. The lowest BCUT2D eigenvalue weighted by Gasteiger charge is -2.13. The smallest absolute Gasteiger partial charge is 0.174 e. The maximum Gasteiger partial charge on any atom is 0.174 e. The van der Waals surface area contributed by atoms with Crippen LogP contribution in [0.2, 0.25) is 0 Å². The van der Waals surface area contributed by atoms with Crippen LogP contribution in [-0.4, -0.2) is 18.5 Å². The molecule has 1 aliphatic rings. The molecular weight excluding hydrogens is 233 g/mol. The van der Waals surface area contributed by atoms with Crippen LogP contribution < -0.4 is 0 Å². The van der Waals surface area contributed by atoms with Crippen molar-refractivity contribution in [2.24, 2.45) is 5.92 Å². The van der Waals surface area contributed by atoms with E-state index in [4.69, 9.17) is 4.74 Å².